The summed E-state index contributed by atoms with van der Waals surface area (Å²) in [5.74, 6) is -1.35. The first-order chi connectivity index (χ1) is 15.3. The van der Waals surface area contributed by atoms with E-state index in [1.807, 2.05) is 71.2 Å². The highest BCUT2D eigenvalue weighted by molar-refractivity contribution is 7.16. The van der Waals surface area contributed by atoms with Gasteiger partial charge in [0.25, 0.3) is 5.91 Å². The molecule has 0 fully saturated rings. The number of anilines is 2. The van der Waals surface area contributed by atoms with Gasteiger partial charge in [0.05, 0.1) is 4.88 Å². The Kier molecular flexibility index (Phi) is 11.5. The molecular formula is C24H31ClN2O3S2. The lowest BCUT2D eigenvalue weighted by molar-refractivity contribution is 0.0699. The van der Waals surface area contributed by atoms with Crippen molar-refractivity contribution in [3.8, 4) is 11.1 Å². The normalized spacial score (nSPS) is 9.91. The number of carboxylic acids is 1. The van der Waals surface area contributed by atoms with Crippen LogP contribution >= 0.6 is 34.3 Å². The van der Waals surface area contributed by atoms with Crippen molar-refractivity contribution in [1.29, 1.82) is 0 Å². The number of amides is 1. The van der Waals surface area contributed by atoms with Crippen LogP contribution in [0.25, 0.3) is 11.1 Å². The highest BCUT2D eigenvalue weighted by atomic mass is 35.5. The number of aryl methyl sites for hydroxylation is 1. The number of rotatable bonds is 6. The maximum Gasteiger partial charge on any atom is 0.339 e. The van der Waals surface area contributed by atoms with E-state index in [1.54, 1.807) is 5.38 Å². The molecule has 0 atom stereocenters. The van der Waals surface area contributed by atoms with Gasteiger partial charge in [-0.2, -0.15) is 0 Å². The third-order valence-electron chi connectivity index (χ3n) is 4.28. The molecule has 0 unspecified atom stereocenters. The maximum absolute atomic E-state index is 12.8. The number of thiophene rings is 2. The lowest BCUT2D eigenvalue weighted by atomic mass is 10.0. The summed E-state index contributed by atoms with van der Waals surface area (Å²) in [4.78, 5) is 25.3. The van der Waals surface area contributed by atoms with Gasteiger partial charge in [-0.1, -0.05) is 43.7 Å². The van der Waals surface area contributed by atoms with Crippen LogP contribution in [0.3, 0.4) is 0 Å². The zero-order chi connectivity index (χ0) is 24.4. The molecule has 3 N–H and O–H groups in total. The fraction of sp³-hybridized carbons (Fsp3) is 0.333. The van der Waals surface area contributed by atoms with Crippen molar-refractivity contribution in [2.75, 3.05) is 17.0 Å². The predicted molar refractivity (Wildman–Crippen MR) is 140 cm³/mol. The van der Waals surface area contributed by atoms with Crippen LogP contribution in [-0.4, -0.2) is 29.4 Å². The summed E-state index contributed by atoms with van der Waals surface area (Å²) in [6, 6.07) is 7.92. The molecule has 0 aliphatic rings. The number of carbonyl (C=O) groups is 2. The molecule has 0 aliphatic heterocycles. The minimum atomic E-state index is -1.06. The van der Waals surface area contributed by atoms with Crippen LogP contribution in [0.1, 0.15) is 58.9 Å². The smallest absolute Gasteiger partial charge is 0.339 e. The van der Waals surface area contributed by atoms with Gasteiger partial charge in [0, 0.05) is 34.4 Å². The third kappa shape index (κ3) is 6.82. The summed E-state index contributed by atoms with van der Waals surface area (Å²) in [6.45, 7) is 11.9. The number of halogens is 1. The summed E-state index contributed by atoms with van der Waals surface area (Å²) in [5.41, 5.74) is 4.44. The standard InChI is InChI=1S/C21H22N2O3S2.C2H6.CH3Cl/c1-11(2)22-16-10-27-18(13(16)4)19(24)23-20-17(21(25)26)15(9-28-20)14-7-5-12(3)6-8-14;2*1-2/h5-11,22H,1-4H3,(H,23,24)(H,25,26);1-2H3;1H3. The van der Waals surface area contributed by atoms with Gasteiger partial charge >= 0.3 is 5.97 Å². The van der Waals surface area contributed by atoms with E-state index in [0.29, 0.717) is 15.4 Å². The fourth-order valence-electron chi connectivity index (χ4n) is 2.86. The maximum atomic E-state index is 12.8. The van der Waals surface area contributed by atoms with Crippen LogP contribution in [-0.2, 0) is 0 Å². The monoisotopic (exact) mass is 494 g/mol. The number of carboxylic acid groups (broad SMARTS) is 1. The van der Waals surface area contributed by atoms with E-state index < -0.39 is 5.97 Å². The van der Waals surface area contributed by atoms with Crippen LogP contribution in [0.15, 0.2) is 35.0 Å². The van der Waals surface area contributed by atoms with E-state index >= 15 is 0 Å². The van der Waals surface area contributed by atoms with Crippen molar-refractivity contribution >= 4 is 56.8 Å². The summed E-state index contributed by atoms with van der Waals surface area (Å²) >= 11 is 7.21. The molecule has 0 saturated carbocycles. The molecule has 0 saturated heterocycles. The number of aromatic carboxylic acids is 1. The zero-order valence-corrected chi connectivity index (χ0v) is 21.9. The Labute approximate surface area is 203 Å². The van der Waals surface area contributed by atoms with Crippen molar-refractivity contribution in [3.63, 3.8) is 0 Å². The van der Waals surface area contributed by atoms with Crippen LogP contribution in [0.4, 0.5) is 10.7 Å². The number of benzene rings is 1. The van der Waals surface area contributed by atoms with Crippen molar-refractivity contribution in [3.05, 3.63) is 56.6 Å². The first-order valence-electron chi connectivity index (χ1n) is 10.2. The number of nitrogens with one attached hydrogen (secondary N) is 2. The minimum Gasteiger partial charge on any atom is -0.478 e. The molecule has 0 aliphatic carbocycles. The van der Waals surface area contributed by atoms with Gasteiger partial charge in [0.2, 0.25) is 0 Å². The molecule has 174 valence electrons. The van der Waals surface area contributed by atoms with Crippen molar-refractivity contribution in [2.24, 2.45) is 0 Å². The Bertz CT molecular complexity index is 1020. The first kappa shape index (κ1) is 27.7. The van der Waals surface area contributed by atoms with E-state index in [2.05, 4.69) is 22.2 Å². The molecule has 8 heteroatoms. The molecule has 1 aromatic carbocycles. The number of hydrogen-bond donors (Lipinski definition) is 3. The van der Waals surface area contributed by atoms with E-state index in [-0.39, 0.29) is 17.5 Å². The molecule has 0 radical (unpaired) electrons. The van der Waals surface area contributed by atoms with Gasteiger partial charge in [0.15, 0.2) is 0 Å². The van der Waals surface area contributed by atoms with Gasteiger partial charge in [-0.15, -0.1) is 34.3 Å². The van der Waals surface area contributed by atoms with Gasteiger partial charge in [0.1, 0.15) is 10.6 Å². The second kappa shape index (κ2) is 13.3. The van der Waals surface area contributed by atoms with Gasteiger partial charge in [-0.3, -0.25) is 4.79 Å². The SMILES string of the molecule is CC.CCl.Cc1ccc(-c2csc(NC(=O)c3scc(NC(C)C)c3C)c2C(=O)O)cc1. The molecule has 5 nitrogen and oxygen atoms in total. The van der Waals surface area contributed by atoms with Crippen molar-refractivity contribution in [1.82, 2.24) is 0 Å². The molecule has 32 heavy (non-hydrogen) atoms. The second-order valence-electron chi connectivity index (χ2n) is 6.88. The molecule has 3 aromatic rings. The molecule has 0 bridgehead atoms. The lowest BCUT2D eigenvalue weighted by Gasteiger charge is -2.10. The molecule has 2 aromatic heterocycles. The summed E-state index contributed by atoms with van der Waals surface area (Å²) in [5, 5.41) is 19.9. The largest absolute Gasteiger partial charge is 0.478 e. The Morgan fingerprint density at radius 1 is 1.00 bits per heavy atom. The molecule has 2 heterocycles. The Balaban J connectivity index is 0.00000121. The predicted octanol–water partition coefficient (Wildman–Crippen LogP) is 7.75. The fourth-order valence-corrected chi connectivity index (χ4v) is 4.74. The molecule has 3 rings (SSSR count). The highest BCUT2D eigenvalue weighted by Gasteiger charge is 2.23. The average molecular weight is 495 g/mol. The van der Waals surface area contributed by atoms with Gasteiger partial charge in [-0.05, 0) is 38.8 Å². The van der Waals surface area contributed by atoms with E-state index in [9.17, 15) is 14.7 Å². The van der Waals surface area contributed by atoms with Crippen molar-refractivity contribution < 1.29 is 14.7 Å². The molecule has 1 amide bonds. The average Bonchev–Trinajstić information content (AvgIpc) is 3.35. The number of hydrogen-bond acceptors (Lipinski definition) is 5. The number of carbonyl (C=O) groups excluding carboxylic acids is 1. The van der Waals surface area contributed by atoms with Crippen molar-refractivity contribution in [2.45, 2.75) is 47.6 Å². The van der Waals surface area contributed by atoms with Gasteiger partial charge in [-0.25, -0.2) is 4.79 Å². The van der Waals surface area contributed by atoms with Crippen LogP contribution in [0.5, 0.6) is 0 Å². The van der Waals surface area contributed by atoms with E-state index in [1.165, 1.54) is 29.1 Å². The molecular weight excluding hydrogens is 464 g/mol. The summed E-state index contributed by atoms with van der Waals surface area (Å²) in [6.07, 6.45) is 1.47. The van der Waals surface area contributed by atoms with Crippen LogP contribution in [0.2, 0.25) is 0 Å². The minimum absolute atomic E-state index is 0.122. The second-order valence-corrected chi connectivity index (χ2v) is 8.64. The Hall–Kier alpha value is -2.35. The zero-order valence-electron chi connectivity index (χ0n) is 19.5. The van der Waals surface area contributed by atoms with E-state index in [0.717, 1.165) is 22.4 Å². The quantitative estimate of drug-likeness (QED) is 0.306. The summed E-state index contributed by atoms with van der Waals surface area (Å²) in [7, 11) is 0. The number of alkyl halides is 1. The Morgan fingerprint density at radius 2 is 1.59 bits per heavy atom. The summed E-state index contributed by atoms with van der Waals surface area (Å²) < 4.78 is 0. The topological polar surface area (TPSA) is 78.4 Å². The van der Waals surface area contributed by atoms with Crippen LogP contribution in [0, 0.1) is 13.8 Å². The van der Waals surface area contributed by atoms with E-state index in [4.69, 9.17) is 0 Å². The lowest BCUT2D eigenvalue weighted by Crippen LogP contribution is -2.14. The Morgan fingerprint density at radius 3 is 2.12 bits per heavy atom. The first-order valence-corrected chi connectivity index (χ1v) is 12.7. The van der Waals surface area contributed by atoms with Gasteiger partial charge < -0.3 is 15.7 Å². The molecule has 0 spiro atoms. The highest BCUT2D eigenvalue weighted by Crippen LogP contribution is 2.37. The van der Waals surface area contributed by atoms with Crippen LogP contribution < -0.4 is 10.6 Å². The third-order valence-corrected chi connectivity index (χ3v) is 6.26.